The van der Waals surface area contributed by atoms with Gasteiger partial charge in [0.1, 0.15) is 5.82 Å². The van der Waals surface area contributed by atoms with Crippen molar-refractivity contribution in [3.63, 3.8) is 0 Å². The van der Waals surface area contributed by atoms with Crippen molar-refractivity contribution in [1.29, 1.82) is 0 Å². The third kappa shape index (κ3) is 3.68. The molecule has 17 heavy (non-hydrogen) atoms. The number of aromatic nitrogens is 2. The molecular formula is C13H21N3S. The lowest BCUT2D eigenvalue weighted by atomic mass is 10.1. The highest BCUT2D eigenvalue weighted by Crippen LogP contribution is 2.20. The number of aryl methyl sites for hydroxylation is 2. The fraction of sp³-hybridized carbons (Fsp3) is 0.692. The van der Waals surface area contributed by atoms with Crippen molar-refractivity contribution in [3.05, 3.63) is 22.8 Å². The Kier molecular flexibility index (Phi) is 4.40. The number of hydrogen-bond acceptors (Lipinski definition) is 4. The molecule has 0 unspecified atom stereocenters. The zero-order valence-electron chi connectivity index (χ0n) is 10.9. The SMILES string of the molecule is CCSCc1nc(C)c(CNC2CC2)c(C)n1. The quantitative estimate of drug-likeness (QED) is 0.843. The minimum absolute atomic E-state index is 0.740. The lowest BCUT2D eigenvalue weighted by Crippen LogP contribution is -2.18. The lowest BCUT2D eigenvalue weighted by Gasteiger charge is -2.11. The lowest BCUT2D eigenvalue weighted by molar-refractivity contribution is 0.673. The topological polar surface area (TPSA) is 37.8 Å². The van der Waals surface area contributed by atoms with Gasteiger partial charge in [0.25, 0.3) is 0 Å². The van der Waals surface area contributed by atoms with E-state index in [9.17, 15) is 0 Å². The van der Waals surface area contributed by atoms with Gasteiger partial charge in [-0.15, -0.1) is 0 Å². The molecule has 2 rings (SSSR count). The second-order valence-electron chi connectivity index (χ2n) is 4.58. The molecule has 3 nitrogen and oxygen atoms in total. The second-order valence-corrected chi connectivity index (χ2v) is 5.86. The highest BCUT2D eigenvalue weighted by molar-refractivity contribution is 7.98. The van der Waals surface area contributed by atoms with Gasteiger partial charge in [-0.05, 0) is 32.4 Å². The number of nitrogens with zero attached hydrogens (tertiary/aromatic N) is 2. The Morgan fingerprint density at radius 1 is 1.24 bits per heavy atom. The van der Waals surface area contributed by atoms with Crippen molar-refractivity contribution >= 4 is 11.8 Å². The fourth-order valence-corrected chi connectivity index (χ4v) is 2.37. The van der Waals surface area contributed by atoms with E-state index in [4.69, 9.17) is 0 Å². The van der Waals surface area contributed by atoms with Gasteiger partial charge in [0.2, 0.25) is 0 Å². The molecule has 1 aromatic rings. The molecule has 1 fully saturated rings. The molecule has 0 spiro atoms. The van der Waals surface area contributed by atoms with Crippen LogP contribution in [0.4, 0.5) is 0 Å². The molecule has 1 N–H and O–H groups in total. The van der Waals surface area contributed by atoms with Gasteiger partial charge in [-0.25, -0.2) is 9.97 Å². The summed E-state index contributed by atoms with van der Waals surface area (Å²) in [7, 11) is 0. The Morgan fingerprint density at radius 2 is 1.88 bits per heavy atom. The second kappa shape index (κ2) is 5.83. The summed E-state index contributed by atoms with van der Waals surface area (Å²) in [5, 5.41) is 3.53. The molecule has 0 bridgehead atoms. The van der Waals surface area contributed by atoms with E-state index in [1.165, 1.54) is 18.4 Å². The zero-order chi connectivity index (χ0) is 12.3. The summed E-state index contributed by atoms with van der Waals surface area (Å²) in [6, 6.07) is 0.740. The smallest absolute Gasteiger partial charge is 0.138 e. The van der Waals surface area contributed by atoms with Crippen LogP contribution in [0.5, 0.6) is 0 Å². The molecule has 1 aliphatic carbocycles. The minimum Gasteiger partial charge on any atom is -0.310 e. The summed E-state index contributed by atoms with van der Waals surface area (Å²) >= 11 is 1.87. The van der Waals surface area contributed by atoms with Crippen LogP contribution in [-0.2, 0) is 12.3 Å². The maximum Gasteiger partial charge on any atom is 0.138 e. The first kappa shape index (κ1) is 12.8. The van der Waals surface area contributed by atoms with Crippen LogP contribution < -0.4 is 5.32 Å². The first-order valence-electron chi connectivity index (χ1n) is 6.34. The Hall–Kier alpha value is -0.610. The van der Waals surface area contributed by atoms with Crippen molar-refractivity contribution in [2.75, 3.05) is 5.75 Å². The Morgan fingerprint density at radius 3 is 2.41 bits per heavy atom. The summed E-state index contributed by atoms with van der Waals surface area (Å²) in [5.74, 6) is 3.02. The van der Waals surface area contributed by atoms with E-state index in [0.717, 1.165) is 41.3 Å². The van der Waals surface area contributed by atoms with Crippen LogP contribution in [0.2, 0.25) is 0 Å². The summed E-state index contributed by atoms with van der Waals surface area (Å²) in [4.78, 5) is 9.20. The number of hydrogen-bond donors (Lipinski definition) is 1. The first-order valence-corrected chi connectivity index (χ1v) is 7.50. The molecule has 1 aromatic heterocycles. The van der Waals surface area contributed by atoms with Crippen molar-refractivity contribution in [2.45, 2.75) is 52.0 Å². The highest BCUT2D eigenvalue weighted by Gasteiger charge is 2.21. The third-order valence-corrected chi connectivity index (χ3v) is 3.92. The Bertz CT molecular complexity index is 365. The maximum atomic E-state index is 4.60. The largest absolute Gasteiger partial charge is 0.310 e. The van der Waals surface area contributed by atoms with Crippen LogP contribution in [-0.4, -0.2) is 21.8 Å². The molecular weight excluding hydrogens is 230 g/mol. The van der Waals surface area contributed by atoms with Gasteiger partial charge in [-0.2, -0.15) is 11.8 Å². The number of rotatable bonds is 6. The van der Waals surface area contributed by atoms with E-state index in [-0.39, 0.29) is 0 Å². The average Bonchev–Trinajstić information content (AvgIpc) is 3.09. The molecule has 4 heteroatoms. The Balaban J connectivity index is 2.04. The number of thioether (sulfide) groups is 1. The monoisotopic (exact) mass is 251 g/mol. The van der Waals surface area contributed by atoms with Crippen LogP contribution in [0, 0.1) is 13.8 Å². The molecule has 0 atom stereocenters. The van der Waals surface area contributed by atoms with Gasteiger partial charge in [0.05, 0.1) is 5.75 Å². The van der Waals surface area contributed by atoms with Crippen molar-refractivity contribution in [3.8, 4) is 0 Å². The summed E-state index contributed by atoms with van der Waals surface area (Å²) in [6.45, 7) is 7.28. The highest BCUT2D eigenvalue weighted by atomic mass is 32.2. The van der Waals surface area contributed by atoms with Crippen molar-refractivity contribution in [1.82, 2.24) is 15.3 Å². The summed E-state index contributed by atoms with van der Waals surface area (Å²) in [5.41, 5.74) is 3.55. The van der Waals surface area contributed by atoms with Crippen LogP contribution in [0.25, 0.3) is 0 Å². The molecule has 1 saturated carbocycles. The Labute approximate surface area is 108 Å². The molecule has 0 aliphatic heterocycles. The van der Waals surface area contributed by atoms with Crippen LogP contribution in [0.1, 0.15) is 42.5 Å². The molecule has 0 aromatic carbocycles. The van der Waals surface area contributed by atoms with Gasteiger partial charge in [0.15, 0.2) is 0 Å². The van der Waals surface area contributed by atoms with E-state index in [0.29, 0.717) is 0 Å². The molecule has 0 saturated heterocycles. The first-order chi connectivity index (χ1) is 8.20. The van der Waals surface area contributed by atoms with E-state index in [1.54, 1.807) is 0 Å². The van der Waals surface area contributed by atoms with Crippen LogP contribution >= 0.6 is 11.8 Å². The predicted molar refractivity (Wildman–Crippen MR) is 73.2 cm³/mol. The predicted octanol–water partition coefficient (Wildman–Crippen LogP) is 2.60. The third-order valence-electron chi connectivity index (χ3n) is 3.05. The van der Waals surface area contributed by atoms with Crippen LogP contribution in [0.3, 0.4) is 0 Å². The van der Waals surface area contributed by atoms with Gasteiger partial charge in [-0.1, -0.05) is 6.92 Å². The normalized spacial score (nSPS) is 15.2. The van der Waals surface area contributed by atoms with Crippen molar-refractivity contribution in [2.24, 2.45) is 0 Å². The minimum atomic E-state index is 0.740. The molecule has 0 amide bonds. The maximum absolute atomic E-state index is 4.60. The molecule has 1 aliphatic rings. The van der Waals surface area contributed by atoms with E-state index >= 15 is 0 Å². The molecule has 94 valence electrons. The van der Waals surface area contributed by atoms with E-state index < -0.39 is 0 Å². The van der Waals surface area contributed by atoms with E-state index in [2.05, 4.69) is 36.1 Å². The van der Waals surface area contributed by atoms with Gasteiger partial charge in [-0.3, -0.25) is 0 Å². The summed E-state index contributed by atoms with van der Waals surface area (Å²) < 4.78 is 0. The van der Waals surface area contributed by atoms with E-state index in [1.807, 2.05) is 11.8 Å². The van der Waals surface area contributed by atoms with Gasteiger partial charge >= 0.3 is 0 Å². The average molecular weight is 251 g/mol. The van der Waals surface area contributed by atoms with Gasteiger partial charge in [0, 0.05) is 29.5 Å². The summed E-state index contributed by atoms with van der Waals surface area (Å²) in [6.07, 6.45) is 2.65. The zero-order valence-corrected chi connectivity index (χ0v) is 11.7. The standard InChI is InChI=1S/C13H21N3S/c1-4-17-8-13-15-9(2)12(10(3)16-13)7-14-11-5-6-11/h11,14H,4-8H2,1-3H3. The van der Waals surface area contributed by atoms with Gasteiger partial charge < -0.3 is 5.32 Å². The fourth-order valence-electron chi connectivity index (χ4n) is 1.86. The number of nitrogens with one attached hydrogen (secondary N) is 1. The van der Waals surface area contributed by atoms with Crippen molar-refractivity contribution < 1.29 is 0 Å². The molecule has 1 heterocycles. The molecule has 0 radical (unpaired) electrons. The van der Waals surface area contributed by atoms with Crippen LogP contribution in [0.15, 0.2) is 0 Å².